The Balaban J connectivity index is 1.53. The highest BCUT2D eigenvalue weighted by atomic mass is 17.2. The molecule has 0 unspecified atom stereocenters. The Morgan fingerprint density at radius 2 is 1.97 bits per heavy atom. The summed E-state index contributed by atoms with van der Waals surface area (Å²) in [5.74, 6) is 0.231. The molecule has 158 valence electrons. The number of esters is 1. The summed E-state index contributed by atoms with van der Waals surface area (Å²) < 4.78 is 5.56. The van der Waals surface area contributed by atoms with Crippen LogP contribution in [0, 0.1) is 5.92 Å². The number of hydrogen-bond donors (Lipinski definition) is 0. The first kappa shape index (κ1) is 21.8. The Morgan fingerprint density at radius 1 is 1.24 bits per heavy atom. The average Bonchev–Trinajstić information content (AvgIpc) is 2.92. The van der Waals surface area contributed by atoms with Gasteiger partial charge in [0.2, 0.25) is 0 Å². The SMILES string of the molecule is CC(=CCc1ccccc1)C=C(C)C[C@H](C)C[C@]1(C)C[C@@]2(C)OC(=O)C[C@H]2OO1. The largest absolute Gasteiger partial charge is 0.456 e. The number of fused-ring (bicyclic) bond motifs is 1. The van der Waals surface area contributed by atoms with E-state index in [9.17, 15) is 4.79 Å². The minimum absolute atomic E-state index is 0.199. The summed E-state index contributed by atoms with van der Waals surface area (Å²) in [5.41, 5.74) is 2.94. The lowest BCUT2D eigenvalue weighted by Crippen LogP contribution is -2.52. The lowest BCUT2D eigenvalue weighted by Gasteiger charge is -2.44. The summed E-state index contributed by atoms with van der Waals surface area (Å²) in [6.45, 7) is 10.6. The first-order valence-electron chi connectivity index (χ1n) is 10.6. The lowest BCUT2D eigenvalue weighted by atomic mass is 9.79. The Bertz CT molecular complexity index is 781. The molecule has 29 heavy (non-hydrogen) atoms. The molecule has 2 heterocycles. The highest BCUT2D eigenvalue weighted by Crippen LogP contribution is 2.44. The second kappa shape index (κ2) is 8.85. The third kappa shape index (κ3) is 5.80. The highest BCUT2D eigenvalue weighted by molar-refractivity contribution is 5.73. The van der Waals surface area contributed by atoms with E-state index in [-0.39, 0.29) is 18.5 Å². The molecule has 3 rings (SSSR count). The van der Waals surface area contributed by atoms with Gasteiger partial charge < -0.3 is 4.74 Å². The van der Waals surface area contributed by atoms with Crippen molar-refractivity contribution in [3.05, 3.63) is 59.2 Å². The first-order valence-corrected chi connectivity index (χ1v) is 10.6. The van der Waals surface area contributed by atoms with Gasteiger partial charge in [-0.2, -0.15) is 0 Å². The van der Waals surface area contributed by atoms with E-state index in [2.05, 4.69) is 64.1 Å². The van der Waals surface area contributed by atoms with Crippen molar-refractivity contribution in [1.82, 2.24) is 0 Å². The first-order chi connectivity index (χ1) is 13.7. The monoisotopic (exact) mass is 398 g/mol. The van der Waals surface area contributed by atoms with Gasteiger partial charge in [-0.3, -0.25) is 4.79 Å². The van der Waals surface area contributed by atoms with Crippen molar-refractivity contribution in [2.45, 2.75) is 84.0 Å². The van der Waals surface area contributed by atoms with Crippen LogP contribution in [0.25, 0.3) is 0 Å². The van der Waals surface area contributed by atoms with Crippen molar-refractivity contribution in [2.75, 3.05) is 0 Å². The molecule has 4 nitrogen and oxygen atoms in total. The Morgan fingerprint density at radius 3 is 2.69 bits per heavy atom. The van der Waals surface area contributed by atoms with Crippen LogP contribution in [0.1, 0.15) is 65.9 Å². The molecule has 0 saturated carbocycles. The number of benzene rings is 1. The predicted octanol–water partition coefficient (Wildman–Crippen LogP) is 5.72. The molecule has 0 bridgehead atoms. The fourth-order valence-corrected chi connectivity index (χ4v) is 4.83. The van der Waals surface area contributed by atoms with Crippen LogP contribution in [0.2, 0.25) is 0 Å². The molecule has 0 spiro atoms. The normalized spacial score (nSPS) is 31.3. The van der Waals surface area contributed by atoms with Crippen molar-refractivity contribution in [2.24, 2.45) is 5.92 Å². The Kier molecular flexibility index (Phi) is 6.65. The summed E-state index contributed by atoms with van der Waals surface area (Å²) in [6, 6.07) is 10.5. The molecular weight excluding hydrogens is 364 g/mol. The smallest absolute Gasteiger partial charge is 0.309 e. The van der Waals surface area contributed by atoms with E-state index in [1.54, 1.807) is 0 Å². The van der Waals surface area contributed by atoms with Crippen LogP contribution in [0.3, 0.4) is 0 Å². The second-order valence-electron chi connectivity index (χ2n) is 9.43. The summed E-state index contributed by atoms with van der Waals surface area (Å²) in [7, 11) is 0. The number of carbonyl (C=O) groups excluding carboxylic acids is 1. The maximum atomic E-state index is 11.7. The van der Waals surface area contributed by atoms with Crippen molar-refractivity contribution >= 4 is 5.97 Å². The maximum Gasteiger partial charge on any atom is 0.309 e. The molecule has 1 aromatic carbocycles. The van der Waals surface area contributed by atoms with Gasteiger partial charge in [0, 0.05) is 6.42 Å². The molecule has 2 fully saturated rings. The van der Waals surface area contributed by atoms with E-state index in [0.717, 1.165) is 19.3 Å². The molecule has 0 radical (unpaired) electrons. The van der Waals surface area contributed by atoms with E-state index in [4.69, 9.17) is 14.5 Å². The van der Waals surface area contributed by atoms with Gasteiger partial charge in [-0.25, -0.2) is 9.78 Å². The fraction of sp³-hybridized carbons (Fsp3) is 0.560. The van der Waals surface area contributed by atoms with E-state index in [0.29, 0.717) is 12.3 Å². The highest BCUT2D eigenvalue weighted by Gasteiger charge is 2.55. The van der Waals surface area contributed by atoms with Crippen molar-refractivity contribution in [1.29, 1.82) is 0 Å². The summed E-state index contributed by atoms with van der Waals surface area (Å²) in [4.78, 5) is 23.0. The second-order valence-corrected chi connectivity index (χ2v) is 9.43. The molecule has 0 aromatic heterocycles. The van der Waals surface area contributed by atoms with Gasteiger partial charge in [0.25, 0.3) is 0 Å². The minimum atomic E-state index is -0.578. The zero-order valence-electron chi connectivity index (χ0n) is 18.4. The third-order valence-corrected chi connectivity index (χ3v) is 5.90. The predicted molar refractivity (Wildman–Crippen MR) is 114 cm³/mol. The Hall–Kier alpha value is -1.91. The van der Waals surface area contributed by atoms with Crippen LogP contribution in [0.4, 0.5) is 0 Å². The molecular formula is C25H34O4. The number of rotatable bonds is 7. The molecule has 0 N–H and O–H groups in total. The molecule has 0 amide bonds. The molecule has 2 aliphatic rings. The minimum Gasteiger partial charge on any atom is -0.456 e. The van der Waals surface area contributed by atoms with Gasteiger partial charge >= 0.3 is 5.97 Å². The number of ether oxygens (including phenoxy) is 1. The van der Waals surface area contributed by atoms with Crippen LogP contribution in [-0.4, -0.2) is 23.3 Å². The molecule has 0 aliphatic carbocycles. The van der Waals surface area contributed by atoms with Crippen LogP contribution in [0.15, 0.2) is 53.6 Å². The van der Waals surface area contributed by atoms with Gasteiger partial charge in [0.05, 0.1) is 6.42 Å². The van der Waals surface area contributed by atoms with Gasteiger partial charge in [-0.15, -0.1) is 0 Å². The van der Waals surface area contributed by atoms with Gasteiger partial charge in [0.1, 0.15) is 17.3 Å². The van der Waals surface area contributed by atoms with Crippen LogP contribution >= 0.6 is 0 Å². The van der Waals surface area contributed by atoms with Gasteiger partial charge in [0.15, 0.2) is 0 Å². The molecule has 1 aromatic rings. The molecule has 4 heteroatoms. The molecule has 4 atom stereocenters. The van der Waals surface area contributed by atoms with Crippen LogP contribution in [0.5, 0.6) is 0 Å². The topological polar surface area (TPSA) is 44.8 Å². The van der Waals surface area contributed by atoms with Gasteiger partial charge in [-0.1, -0.05) is 60.6 Å². The lowest BCUT2D eigenvalue weighted by molar-refractivity contribution is -0.429. The maximum absolute atomic E-state index is 11.7. The van der Waals surface area contributed by atoms with E-state index in [1.807, 2.05) is 13.0 Å². The summed E-state index contributed by atoms with van der Waals surface area (Å²) >= 11 is 0. The van der Waals surface area contributed by atoms with E-state index >= 15 is 0 Å². The quantitative estimate of drug-likeness (QED) is 0.335. The number of hydrogen-bond acceptors (Lipinski definition) is 4. The summed E-state index contributed by atoms with van der Waals surface area (Å²) in [5, 5.41) is 0. The van der Waals surface area contributed by atoms with Crippen molar-refractivity contribution in [3.8, 4) is 0 Å². The van der Waals surface area contributed by atoms with Crippen molar-refractivity contribution in [3.63, 3.8) is 0 Å². The summed E-state index contributed by atoms with van der Waals surface area (Å²) in [6.07, 6.45) is 8.00. The third-order valence-electron chi connectivity index (χ3n) is 5.90. The van der Waals surface area contributed by atoms with E-state index in [1.165, 1.54) is 16.7 Å². The molecule has 2 aliphatic heterocycles. The standard InChI is InChI=1S/C25H34O4/c1-18(11-12-21-9-7-6-8-10-21)13-19(2)14-20(3)16-24(4)17-25(5)22(28-29-24)15-23(26)27-25/h6-11,13,20,22H,12,14-17H2,1-5H3/t20-,22+,24+,25+/m0/s1. The van der Waals surface area contributed by atoms with Crippen LogP contribution in [-0.2, 0) is 25.7 Å². The van der Waals surface area contributed by atoms with E-state index < -0.39 is 11.2 Å². The average molecular weight is 399 g/mol. The zero-order chi connectivity index (χ0) is 21.1. The van der Waals surface area contributed by atoms with Crippen molar-refractivity contribution < 1.29 is 19.3 Å². The number of allylic oxidation sites excluding steroid dienone is 4. The fourth-order valence-electron chi connectivity index (χ4n) is 4.83. The van der Waals surface area contributed by atoms with Gasteiger partial charge in [-0.05, 0) is 58.4 Å². The Labute approximate surface area is 174 Å². The molecule has 2 saturated heterocycles. The number of carbonyl (C=O) groups is 1. The van der Waals surface area contributed by atoms with Crippen LogP contribution < -0.4 is 0 Å². The zero-order valence-corrected chi connectivity index (χ0v) is 18.4.